The summed E-state index contributed by atoms with van der Waals surface area (Å²) < 4.78 is 1.49. The minimum Gasteiger partial charge on any atom is -0.313 e. The van der Waals surface area contributed by atoms with Gasteiger partial charge < -0.3 is 5.32 Å². The summed E-state index contributed by atoms with van der Waals surface area (Å²) in [6.45, 7) is 9.46. The molecule has 0 spiro atoms. The maximum atomic E-state index is 11.3. The lowest BCUT2D eigenvalue weighted by Crippen LogP contribution is -2.42. The highest BCUT2D eigenvalue weighted by atomic mass is 32.2. The fraction of sp³-hybridized carbons (Fsp3) is 0.750. The zero-order chi connectivity index (χ0) is 14.6. The summed E-state index contributed by atoms with van der Waals surface area (Å²) in [6.07, 6.45) is 0. The van der Waals surface area contributed by atoms with Crippen molar-refractivity contribution in [2.45, 2.75) is 38.9 Å². The van der Waals surface area contributed by atoms with Gasteiger partial charge in [0.2, 0.25) is 0 Å². The van der Waals surface area contributed by atoms with Gasteiger partial charge in [-0.3, -0.25) is 19.4 Å². The van der Waals surface area contributed by atoms with Gasteiger partial charge in [0.05, 0.1) is 0 Å². The standard InChI is InChI=1S/C12H22N4O2S/c1-6-13-8(12(2,3)4)7-19-11-14-9(17)10(18)15-16(11)5/h8,13H,6-7H2,1-5H3,(H,15,18). The Kier molecular flexibility index (Phi) is 5.37. The first-order valence-corrected chi connectivity index (χ1v) is 7.27. The van der Waals surface area contributed by atoms with Crippen LogP contribution in [0.15, 0.2) is 14.7 Å². The summed E-state index contributed by atoms with van der Waals surface area (Å²) >= 11 is 1.46. The van der Waals surface area contributed by atoms with Gasteiger partial charge in [-0.15, -0.1) is 0 Å². The number of nitrogens with one attached hydrogen (secondary N) is 2. The Morgan fingerprint density at radius 3 is 2.58 bits per heavy atom. The van der Waals surface area contributed by atoms with Gasteiger partial charge in [-0.2, -0.15) is 4.98 Å². The number of thioether (sulfide) groups is 1. The van der Waals surface area contributed by atoms with E-state index in [1.54, 1.807) is 7.05 Å². The summed E-state index contributed by atoms with van der Waals surface area (Å²) in [6, 6.07) is 0.298. The number of rotatable bonds is 5. The monoisotopic (exact) mass is 286 g/mol. The van der Waals surface area contributed by atoms with Crippen LogP contribution < -0.4 is 16.4 Å². The Morgan fingerprint density at radius 2 is 2.05 bits per heavy atom. The number of aromatic amines is 1. The van der Waals surface area contributed by atoms with Crippen molar-refractivity contribution in [2.24, 2.45) is 12.5 Å². The molecule has 108 valence electrons. The zero-order valence-electron chi connectivity index (χ0n) is 12.1. The average molecular weight is 286 g/mol. The van der Waals surface area contributed by atoms with Crippen LogP contribution in [0.2, 0.25) is 0 Å². The molecule has 0 bridgehead atoms. The van der Waals surface area contributed by atoms with Crippen molar-refractivity contribution in [3.63, 3.8) is 0 Å². The van der Waals surface area contributed by atoms with Gasteiger partial charge in [-0.1, -0.05) is 39.5 Å². The van der Waals surface area contributed by atoms with Crippen LogP contribution in [0.3, 0.4) is 0 Å². The van der Waals surface area contributed by atoms with Crippen LogP contribution in [0.4, 0.5) is 0 Å². The number of H-pyrrole nitrogens is 1. The first-order valence-electron chi connectivity index (χ1n) is 6.29. The summed E-state index contributed by atoms with van der Waals surface area (Å²) in [7, 11) is 1.68. The number of hydrogen-bond donors (Lipinski definition) is 2. The van der Waals surface area contributed by atoms with E-state index in [-0.39, 0.29) is 5.41 Å². The summed E-state index contributed by atoms with van der Waals surface area (Å²) in [5, 5.41) is 6.40. The third kappa shape index (κ3) is 4.50. The van der Waals surface area contributed by atoms with Crippen molar-refractivity contribution in [1.82, 2.24) is 20.1 Å². The fourth-order valence-corrected chi connectivity index (χ4v) is 2.93. The van der Waals surface area contributed by atoms with E-state index in [2.05, 4.69) is 43.1 Å². The Hall–Kier alpha value is -1.08. The molecule has 2 N–H and O–H groups in total. The summed E-state index contributed by atoms with van der Waals surface area (Å²) in [5.74, 6) is 0.781. The SMILES string of the molecule is CCNC(CSc1nc(=O)c(=O)[nH]n1C)C(C)(C)C. The van der Waals surface area contributed by atoms with Crippen LogP contribution >= 0.6 is 11.8 Å². The predicted octanol–water partition coefficient (Wildman–Crippen LogP) is 0.585. The summed E-state index contributed by atoms with van der Waals surface area (Å²) in [4.78, 5) is 26.2. The molecular formula is C12H22N4O2S. The van der Waals surface area contributed by atoms with Gasteiger partial charge >= 0.3 is 11.1 Å². The Labute approximate surface area is 117 Å². The fourth-order valence-electron chi connectivity index (χ4n) is 1.61. The van der Waals surface area contributed by atoms with Gasteiger partial charge in [-0.05, 0) is 12.0 Å². The molecule has 1 atom stereocenters. The number of hydrogen-bond acceptors (Lipinski definition) is 5. The minimum absolute atomic E-state index is 0.115. The van der Waals surface area contributed by atoms with Gasteiger partial charge in [0.1, 0.15) is 0 Å². The van der Waals surface area contributed by atoms with Crippen molar-refractivity contribution in [3.05, 3.63) is 20.7 Å². The molecule has 1 heterocycles. The Bertz CT molecular complexity index is 530. The highest BCUT2D eigenvalue weighted by Gasteiger charge is 2.24. The molecule has 1 aromatic heterocycles. The van der Waals surface area contributed by atoms with Crippen molar-refractivity contribution < 1.29 is 0 Å². The second kappa shape index (κ2) is 6.38. The lowest BCUT2D eigenvalue weighted by molar-refractivity contribution is 0.295. The highest BCUT2D eigenvalue weighted by molar-refractivity contribution is 7.99. The normalized spacial score (nSPS) is 13.5. The zero-order valence-corrected chi connectivity index (χ0v) is 12.9. The average Bonchev–Trinajstić information content (AvgIpc) is 2.29. The molecule has 0 fully saturated rings. The second-order valence-electron chi connectivity index (χ2n) is 5.49. The molecule has 0 saturated carbocycles. The molecule has 7 heteroatoms. The summed E-state index contributed by atoms with van der Waals surface area (Å²) in [5.41, 5.74) is -1.31. The molecule has 0 aliphatic rings. The van der Waals surface area contributed by atoms with Crippen molar-refractivity contribution in [3.8, 4) is 0 Å². The molecule has 1 aromatic rings. The third-order valence-electron chi connectivity index (χ3n) is 2.82. The quantitative estimate of drug-likeness (QED) is 0.611. The van der Waals surface area contributed by atoms with Gasteiger partial charge in [0.25, 0.3) is 0 Å². The van der Waals surface area contributed by atoms with E-state index < -0.39 is 11.1 Å². The lowest BCUT2D eigenvalue weighted by Gasteiger charge is -2.31. The lowest BCUT2D eigenvalue weighted by atomic mass is 9.88. The van der Waals surface area contributed by atoms with Gasteiger partial charge in [0.15, 0.2) is 5.16 Å². The van der Waals surface area contributed by atoms with Crippen LogP contribution in [-0.4, -0.2) is 33.1 Å². The molecule has 1 rings (SSSR count). The van der Waals surface area contributed by atoms with E-state index in [0.29, 0.717) is 11.2 Å². The van der Waals surface area contributed by atoms with Crippen LogP contribution in [0.5, 0.6) is 0 Å². The van der Waals surface area contributed by atoms with Crippen molar-refractivity contribution in [2.75, 3.05) is 12.3 Å². The van der Waals surface area contributed by atoms with Crippen LogP contribution in [-0.2, 0) is 7.05 Å². The molecule has 0 radical (unpaired) electrons. The van der Waals surface area contributed by atoms with Crippen LogP contribution in [0.1, 0.15) is 27.7 Å². The molecule has 0 aliphatic heterocycles. The van der Waals surface area contributed by atoms with Crippen molar-refractivity contribution in [1.29, 1.82) is 0 Å². The second-order valence-corrected chi connectivity index (χ2v) is 6.47. The minimum atomic E-state index is -0.739. The topological polar surface area (TPSA) is 79.8 Å². The highest BCUT2D eigenvalue weighted by Crippen LogP contribution is 2.24. The predicted molar refractivity (Wildman–Crippen MR) is 77.7 cm³/mol. The number of aromatic nitrogens is 3. The van der Waals surface area contributed by atoms with E-state index in [4.69, 9.17) is 0 Å². The first kappa shape index (κ1) is 16.0. The molecule has 0 aliphatic carbocycles. The maximum Gasteiger partial charge on any atom is 0.339 e. The molecule has 1 unspecified atom stereocenters. The van der Waals surface area contributed by atoms with Crippen molar-refractivity contribution >= 4 is 11.8 Å². The van der Waals surface area contributed by atoms with Crippen LogP contribution in [0, 0.1) is 5.41 Å². The van der Waals surface area contributed by atoms with E-state index >= 15 is 0 Å². The van der Waals surface area contributed by atoms with E-state index in [0.717, 1.165) is 12.3 Å². The Morgan fingerprint density at radius 1 is 1.42 bits per heavy atom. The van der Waals surface area contributed by atoms with Gasteiger partial charge in [-0.25, -0.2) is 0 Å². The number of aryl methyl sites for hydroxylation is 1. The van der Waals surface area contributed by atoms with E-state index in [9.17, 15) is 9.59 Å². The molecule has 19 heavy (non-hydrogen) atoms. The third-order valence-corrected chi connectivity index (χ3v) is 3.95. The molecule has 0 aromatic carbocycles. The first-order chi connectivity index (χ1) is 8.75. The van der Waals surface area contributed by atoms with Gasteiger partial charge in [0, 0.05) is 18.8 Å². The Balaban J connectivity index is 2.83. The molecule has 6 nitrogen and oxygen atoms in total. The smallest absolute Gasteiger partial charge is 0.313 e. The maximum absolute atomic E-state index is 11.3. The van der Waals surface area contributed by atoms with Crippen LogP contribution in [0.25, 0.3) is 0 Å². The number of nitrogens with zero attached hydrogens (tertiary/aromatic N) is 2. The largest absolute Gasteiger partial charge is 0.339 e. The molecule has 0 amide bonds. The molecular weight excluding hydrogens is 264 g/mol. The van der Waals surface area contributed by atoms with E-state index in [1.165, 1.54) is 16.4 Å². The molecule has 0 saturated heterocycles. The van der Waals surface area contributed by atoms with E-state index in [1.807, 2.05) is 0 Å².